The van der Waals surface area contributed by atoms with E-state index in [1.165, 1.54) is 4.90 Å². The van der Waals surface area contributed by atoms with Crippen LogP contribution in [0.4, 0.5) is 10.7 Å². The van der Waals surface area contributed by atoms with Gasteiger partial charge in [0.05, 0.1) is 17.3 Å². The van der Waals surface area contributed by atoms with Crippen molar-refractivity contribution in [2.24, 2.45) is 11.3 Å². The van der Waals surface area contributed by atoms with Crippen molar-refractivity contribution in [3.8, 4) is 11.8 Å². The summed E-state index contributed by atoms with van der Waals surface area (Å²) in [7, 11) is 0. The number of hydrogen-bond donors (Lipinski definition) is 1. The molecule has 0 bridgehead atoms. The molecule has 3 aliphatic heterocycles. The lowest BCUT2D eigenvalue weighted by Gasteiger charge is -2.54. The molecule has 3 saturated heterocycles. The number of nitrogens with zero attached hydrogens (tertiary/aromatic N) is 6. The summed E-state index contributed by atoms with van der Waals surface area (Å²) in [6.07, 6.45) is 3.32. The number of halogens is 1. The van der Waals surface area contributed by atoms with Gasteiger partial charge in [0.25, 0.3) is 0 Å². The Morgan fingerprint density at radius 2 is 1.84 bits per heavy atom. The fourth-order valence-corrected chi connectivity index (χ4v) is 6.80. The molecule has 4 heterocycles. The highest BCUT2D eigenvalue weighted by Crippen LogP contribution is 2.42. The number of rotatable bonds is 8. The lowest BCUT2D eigenvalue weighted by Crippen LogP contribution is -2.62. The molecule has 1 amide bonds. The molecule has 6 rings (SSSR count). The molecule has 0 aliphatic carbocycles. The van der Waals surface area contributed by atoms with Gasteiger partial charge in [-0.05, 0) is 73.5 Å². The van der Waals surface area contributed by atoms with Crippen molar-refractivity contribution in [2.45, 2.75) is 38.7 Å². The van der Waals surface area contributed by atoms with Crippen LogP contribution in [0.2, 0.25) is 5.02 Å². The molecule has 0 radical (unpaired) electrons. The fraction of sp³-hybridized carbons (Fsp3) is 0.455. The topological polar surface area (TPSA) is 106 Å². The first-order valence-corrected chi connectivity index (χ1v) is 15.2. The second-order valence-corrected chi connectivity index (χ2v) is 13.3. The standard InChI is InChI=1S/C33H37ClN6O3/c1-32(2,26-13-23(16-35)14-27(34)15-26)25-3-5-29(6-4-25)43-20-28-7-10-36-30(37-28)40-21-33(22-40)8-11-38(12-9-33)17-24-18-39(19-24)31(41)42/h3-7,10,13-15,24H,8-9,11-12,17-22H2,1-2H3,(H,41,42). The Morgan fingerprint density at radius 3 is 2.51 bits per heavy atom. The van der Waals surface area contributed by atoms with E-state index in [1.54, 1.807) is 12.3 Å². The van der Waals surface area contributed by atoms with E-state index in [2.05, 4.69) is 46.8 Å². The van der Waals surface area contributed by atoms with Crippen molar-refractivity contribution in [3.05, 3.63) is 82.1 Å². The third kappa shape index (κ3) is 6.27. The first-order chi connectivity index (χ1) is 20.6. The van der Waals surface area contributed by atoms with Gasteiger partial charge in [0.15, 0.2) is 0 Å². The number of carbonyl (C=O) groups is 1. The molecule has 1 spiro atoms. The predicted molar refractivity (Wildman–Crippen MR) is 165 cm³/mol. The van der Waals surface area contributed by atoms with E-state index < -0.39 is 6.09 Å². The Bertz CT molecular complexity index is 1520. The number of ether oxygens (including phenoxy) is 1. The van der Waals surface area contributed by atoms with Crippen LogP contribution in [-0.2, 0) is 12.0 Å². The van der Waals surface area contributed by atoms with Crippen LogP contribution < -0.4 is 9.64 Å². The molecule has 0 atom stereocenters. The number of amides is 1. The Labute approximate surface area is 257 Å². The lowest BCUT2D eigenvalue weighted by molar-refractivity contribution is 0.0305. The van der Waals surface area contributed by atoms with Gasteiger partial charge in [-0.25, -0.2) is 14.8 Å². The van der Waals surface area contributed by atoms with E-state index in [4.69, 9.17) is 26.4 Å². The van der Waals surface area contributed by atoms with E-state index in [9.17, 15) is 10.1 Å². The minimum Gasteiger partial charge on any atom is -0.487 e. The number of likely N-dealkylation sites (tertiary alicyclic amines) is 2. The van der Waals surface area contributed by atoms with Crippen molar-refractivity contribution >= 4 is 23.6 Å². The molecular weight excluding hydrogens is 564 g/mol. The first kappa shape index (κ1) is 29.2. The number of piperidine rings is 1. The number of carboxylic acid groups (broad SMARTS) is 1. The summed E-state index contributed by atoms with van der Waals surface area (Å²) in [5.74, 6) is 1.99. The van der Waals surface area contributed by atoms with Crippen LogP contribution in [0.3, 0.4) is 0 Å². The van der Waals surface area contributed by atoms with Gasteiger partial charge in [-0.3, -0.25) is 0 Å². The molecule has 1 aromatic heterocycles. The molecular formula is C33H37ClN6O3. The van der Waals surface area contributed by atoms with E-state index in [1.807, 2.05) is 30.3 Å². The highest BCUT2D eigenvalue weighted by atomic mass is 35.5. The summed E-state index contributed by atoms with van der Waals surface area (Å²) in [6, 6.07) is 17.6. The monoisotopic (exact) mass is 600 g/mol. The average Bonchev–Trinajstić information content (AvgIpc) is 2.96. The highest BCUT2D eigenvalue weighted by molar-refractivity contribution is 6.30. The molecule has 2 aromatic carbocycles. The van der Waals surface area contributed by atoms with E-state index in [0.717, 1.165) is 74.1 Å². The van der Waals surface area contributed by atoms with Crippen molar-refractivity contribution in [1.29, 1.82) is 5.26 Å². The minimum atomic E-state index is -0.803. The normalized spacial score (nSPS) is 18.6. The van der Waals surface area contributed by atoms with Crippen LogP contribution in [0, 0.1) is 22.7 Å². The molecule has 3 aliphatic rings. The summed E-state index contributed by atoms with van der Waals surface area (Å²) in [5, 5.41) is 18.9. The molecule has 0 unspecified atom stereocenters. The first-order valence-electron chi connectivity index (χ1n) is 14.8. The summed E-state index contributed by atoms with van der Waals surface area (Å²) in [5.41, 5.74) is 3.47. The molecule has 224 valence electrons. The van der Waals surface area contributed by atoms with Gasteiger partial charge < -0.3 is 24.5 Å². The SMILES string of the molecule is CC(C)(c1ccc(OCc2ccnc(N3CC4(CCN(CC5CN(C(=O)O)C5)CC4)C3)n2)cc1)c1cc(Cl)cc(C#N)c1. The van der Waals surface area contributed by atoms with Gasteiger partial charge in [0.2, 0.25) is 5.95 Å². The van der Waals surface area contributed by atoms with E-state index in [0.29, 0.717) is 41.6 Å². The fourth-order valence-electron chi connectivity index (χ4n) is 6.56. The second-order valence-electron chi connectivity index (χ2n) is 12.8. The number of aromatic nitrogens is 2. The Kier molecular flexibility index (Phi) is 7.92. The summed E-state index contributed by atoms with van der Waals surface area (Å²) >= 11 is 6.26. The maximum Gasteiger partial charge on any atom is 0.407 e. The molecule has 0 saturated carbocycles. The largest absolute Gasteiger partial charge is 0.487 e. The zero-order valence-corrected chi connectivity index (χ0v) is 25.4. The maximum atomic E-state index is 11.0. The maximum absolute atomic E-state index is 11.0. The minimum absolute atomic E-state index is 0.329. The third-order valence-corrected chi connectivity index (χ3v) is 9.63. The molecule has 10 heteroatoms. The van der Waals surface area contributed by atoms with Crippen LogP contribution in [0.25, 0.3) is 0 Å². The van der Waals surface area contributed by atoms with Gasteiger partial charge >= 0.3 is 6.09 Å². The highest BCUT2D eigenvalue weighted by Gasteiger charge is 2.46. The number of anilines is 1. The zero-order valence-electron chi connectivity index (χ0n) is 24.7. The Hall–Kier alpha value is -3.87. The van der Waals surface area contributed by atoms with Crippen LogP contribution >= 0.6 is 11.6 Å². The predicted octanol–water partition coefficient (Wildman–Crippen LogP) is 5.42. The molecule has 3 fully saturated rings. The zero-order chi connectivity index (χ0) is 30.2. The smallest absolute Gasteiger partial charge is 0.407 e. The summed E-state index contributed by atoms with van der Waals surface area (Å²) in [4.78, 5) is 26.6. The van der Waals surface area contributed by atoms with Gasteiger partial charge in [0.1, 0.15) is 12.4 Å². The van der Waals surface area contributed by atoms with Gasteiger partial charge in [-0.1, -0.05) is 37.6 Å². The third-order valence-electron chi connectivity index (χ3n) is 9.41. The van der Waals surface area contributed by atoms with Crippen molar-refractivity contribution in [2.75, 3.05) is 50.7 Å². The van der Waals surface area contributed by atoms with E-state index in [-0.39, 0.29) is 5.41 Å². The molecule has 1 N–H and O–H groups in total. The van der Waals surface area contributed by atoms with Crippen LogP contribution in [-0.4, -0.2) is 76.8 Å². The van der Waals surface area contributed by atoms with Crippen molar-refractivity contribution in [1.82, 2.24) is 19.8 Å². The summed E-state index contributed by atoms with van der Waals surface area (Å²) in [6.45, 7) is 11.0. The van der Waals surface area contributed by atoms with Crippen LogP contribution in [0.15, 0.2) is 54.7 Å². The van der Waals surface area contributed by atoms with Gasteiger partial charge in [0, 0.05) is 60.7 Å². The average molecular weight is 601 g/mol. The van der Waals surface area contributed by atoms with Gasteiger partial charge in [-0.15, -0.1) is 0 Å². The van der Waals surface area contributed by atoms with E-state index >= 15 is 0 Å². The summed E-state index contributed by atoms with van der Waals surface area (Å²) < 4.78 is 6.08. The Morgan fingerprint density at radius 1 is 1.12 bits per heavy atom. The van der Waals surface area contributed by atoms with Gasteiger partial charge in [-0.2, -0.15) is 5.26 Å². The quantitative estimate of drug-likeness (QED) is 0.365. The Balaban J connectivity index is 0.989. The van der Waals surface area contributed by atoms with Crippen LogP contribution in [0.1, 0.15) is 49.1 Å². The number of nitriles is 1. The molecule has 9 nitrogen and oxygen atoms in total. The van der Waals surface area contributed by atoms with Crippen LogP contribution in [0.5, 0.6) is 5.75 Å². The molecule has 3 aromatic rings. The van der Waals surface area contributed by atoms with Crippen molar-refractivity contribution < 1.29 is 14.6 Å². The number of hydrogen-bond acceptors (Lipinski definition) is 7. The van der Waals surface area contributed by atoms with Crippen molar-refractivity contribution in [3.63, 3.8) is 0 Å². The second kappa shape index (κ2) is 11.7. The number of benzene rings is 2. The lowest BCUT2D eigenvalue weighted by atomic mass is 9.72. The molecule has 43 heavy (non-hydrogen) atoms.